The fraction of sp³-hybridized carbons (Fsp3) is 0.500. The van der Waals surface area contributed by atoms with Crippen molar-refractivity contribution in [3.8, 4) is 0 Å². The molecule has 0 amide bonds. The lowest BCUT2D eigenvalue weighted by molar-refractivity contribution is 0.562. The molecule has 0 bridgehead atoms. The Kier molecular flexibility index (Phi) is 3.87. The van der Waals surface area contributed by atoms with Crippen molar-refractivity contribution >= 4 is 25.4 Å². The van der Waals surface area contributed by atoms with Crippen LogP contribution in [0, 0.1) is 0 Å². The van der Waals surface area contributed by atoms with Crippen LogP contribution in [0.15, 0.2) is 29.2 Å². The monoisotopic (exact) mass is 303 g/mol. The molecule has 0 spiro atoms. The molecule has 1 aromatic carbocycles. The van der Waals surface area contributed by atoms with Gasteiger partial charge in [0.25, 0.3) is 0 Å². The van der Waals surface area contributed by atoms with E-state index in [4.69, 9.17) is 0 Å². The summed E-state index contributed by atoms with van der Waals surface area (Å²) in [5, 5.41) is 3.11. The molecule has 2 rings (SSSR count). The van der Waals surface area contributed by atoms with E-state index in [0.29, 0.717) is 12.1 Å². The van der Waals surface area contributed by atoms with Crippen molar-refractivity contribution in [2.45, 2.75) is 23.8 Å². The molecular weight excluding hydrogens is 286 g/mol. The summed E-state index contributed by atoms with van der Waals surface area (Å²) in [4.78, 5) is 0.233. The molecule has 1 fully saturated rings. The Balaban J connectivity index is 2.16. The highest BCUT2D eigenvalue weighted by atomic mass is 32.2. The Hall–Kier alpha value is -1.08. The molecule has 1 aromatic rings. The van der Waals surface area contributed by atoms with Crippen molar-refractivity contribution in [2.24, 2.45) is 0 Å². The number of hydrogen-bond acceptors (Lipinski definition) is 5. The van der Waals surface area contributed by atoms with Crippen molar-refractivity contribution in [3.63, 3.8) is 0 Å². The topological polar surface area (TPSA) is 80.3 Å². The molecule has 7 heteroatoms. The van der Waals surface area contributed by atoms with Crippen LogP contribution in [-0.4, -0.2) is 40.6 Å². The van der Waals surface area contributed by atoms with E-state index in [1.165, 1.54) is 12.1 Å². The molecule has 1 heterocycles. The Labute approximate surface area is 113 Å². The van der Waals surface area contributed by atoms with Gasteiger partial charge in [-0.15, -0.1) is 0 Å². The molecule has 1 aliphatic heterocycles. The summed E-state index contributed by atoms with van der Waals surface area (Å²) in [6.07, 6.45) is 2.57. The number of benzene rings is 1. The van der Waals surface area contributed by atoms with Gasteiger partial charge >= 0.3 is 0 Å². The smallest absolute Gasteiger partial charge is 0.175 e. The predicted molar refractivity (Wildman–Crippen MR) is 74.9 cm³/mol. The van der Waals surface area contributed by atoms with Gasteiger partial charge in [0.2, 0.25) is 0 Å². The largest absolute Gasteiger partial charge is 0.381 e. The molecular formula is C12H17NO4S2. The van der Waals surface area contributed by atoms with Gasteiger partial charge in [-0.25, -0.2) is 16.8 Å². The van der Waals surface area contributed by atoms with Crippen LogP contribution in [0.1, 0.15) is 12.8 Å². The minimum absolute atomic E-state index is 0.107. The number of hydrogen-bond donors (Lipinski definition) is 1. The first-order valence-corrected chi connectivity index (χ1v) is 9.75. The molecule has 106 valence electrons. The van der Waals surface area contributed by atoms with Gasteiger partial charge in [-0.3, -0.25) is 0 Å². The van der Waals surface area contributed by atoms with E-state index in [9.17, 15) is 16.8 Å². The van der Waals surface area contributed by atoms with Gasteiger partial charge in [-0.05, 0) is 31.0 Å². The van der Waals surface area contributed by atoms with Crippen molar-refractivity contribution in [1.29, 1.82) is 0 Å². The third-order valence-corrected chi connectivity index (χ3v) is 6.03. The zero-order valence-electron chi connectivity index (χ0n) is 10.7. The van der Waals surface area contributed by atoms with Gasteiger partial charge in [-0.2, -0.15) is 0 Å². The second-order valence-electron chi connectivity index (χ2n) is 4.90. The highest BCUT2D eigenvalue weighted by Crippen LogP contribution is 2.20. The maximum atomic E-state index is 11.5. The quantitative estimate of drug-likeness (QED) is 0.903. The van der Waals surface area contributed by atoms with Gasteiger partial charge in [0.1, 0.15) is 0 Å². The van der Waals surface area contributed by atoms with Gasteiger partial charge in [-0.1, -0.05) is 6.07 Å². The van der Waals surface area contributed by atoms with Crippen LogP contribution in [0.5, 0.6) is 0 Å². The fourth-order valence-corrected chi connectivity index (χ4v) is 4.49. The molecule has 0 aromatic heterocycles. The molecule has 0 aliphatic carbocycles. The van der Waals surface area contributed by atoms with Crippen molar-refractivity contribution in [2.75, 3.05) is 23.1 Å². The maximum absolute atomic E-state index is 11.5. The molecule has 1 N–H and O–H groups in total. The Bertz CT molecular complexity index is 665. The van der Waals surface area contributed by atoms with Crippen LogP contribution in [-0.2, 0) is 19.7 Å². The Morgan fingerprint density at radius 3 is 2.68 bits per heavy atom. The van der Waals surface area contributed by atoms with Crippen LogP contribution < -0.4 is 5.32 Å². The van der Waals surface area contributed by atoms with Crippen LogP contribution in [0.2, 0.25) is 0 Å². The summed E-state index contributed by atoms with van der Waals surface area (Å²) in [7, 11) is -6.22. The first-order valence-electron chi connectivity index (χ1n) is 6.03. The molecule has 1 atom stereocenters. The summed E-state index contributed by atoms with van der Waals surface area (Å²) in [5.41, 5.74) is 0.644. The molecule has 0 saturated carbocycles. The first-order chi connectivity index (χ1) is 8.76. The molecule has 0 radical (unpaired) electrons. The molecule has 1 aliphatic rings. The van der Waals surface area contributed by atoms with E-state index in [0.717, 1.165) is 12.7 Å². The van der Waals surface area contributed by atoms with E-state index in [-0.39, 0.29) is 22.4 Å². The van der Waals surface area contributed by atoms with Gasteiger partial charge in [0.15, 0.2) is 19.7 Å². The lowest BCUT2D eigenvalue weighted by atomic mass is 10.2. The second-order valence-corrected chi connectivity index (χ2v) is 9.14. The van der Waals surface area contributed by atoms with Crippen molar-refractivity contribution in [1.82, 2.24) is 0 Å². The maximum Gasteiger partial charge on any atom is 0.175 e. The number of sulfone groups is 2. The highest BCUT2D eigenvalue weighted by Gasteiger charge is 2.24. The molecule has 1 unspecified atom stereocenters. The Morgan fingerprint density at radius 2 is 2.05 bits per heavy atom. The number of anilines is 1. The first kappa shape index (κ1) is 14.3. The summed E-state index contributed by atoms with van der Waals surface area (Å²) < 4.78 is 46.0. The van der Waals surface area contributed by atoms with E-state index >= 15 is 0 Å². The number of nitrogens with one attached hydrogen (secondary N) is 1. The summed E-state index contributed by atoms with van der Waals surface area (Å²) in [6, 6.07) is 6.31. The van der Waals surface area contributed by atoms with Crippen LogP contribution in [0.25, 0.3) is 0 Å². The lowest BCUT2D eigenvalue weighted by Crippen LogP contribution is -2.34. The SMILES string of the molecule is CS(=O)(=O)c1cccc(NC2CCCS(=O)(=O)C2)c1. The minimum Gasteiger partial charge on any atom is -0.381 e. The molecule has 5 nitrogen and oxygen atoms in total. The van der Waals surface area contributed by atoms with E-state index in [2.05, 4.69) is 5.32 Å². The highest BCUT2D eigenvalue weighted by molar-refractivity contribution is 7.91. The zero-order valence-corrected chi connectivity index (χ0v) is 12.3. The Morgan fingerprint density at radius 1 is 1.32 bits per heavy atom. The van der Waals surface area contributed by atoms with E-state index in [1.807, 2.05) is 0 Å². The summed E-state index contributed by atoms with van der Waals surface area (Å²) in [5.74, 6) is 0.352. The second kappa shape index (κ2) is 5.13. The summed E-state index contributed by atoms with van der Waals surface area (Å²) >= 11 is 0. The predicted octanol–water partition coefficient (Wildman–Crippen LogP) is 1.08. The fourth-order valence-electron chi connectivity index (χ4n) is 2.19. The van der Waals surface area contributed by atoms with E-state index in [1.54, 1.807) is 12.1 Å². The van der Waals surface area contributed by atoms with Crippen LogP contribution >= 0.6 is 0 Å². The van der Waals surface area contributed by atoms with Crippen molar-refractivity contribution < 1.29 is 16.8 Å². The molecule has 19 heavy (non-hydrogen) atoms. The van der Waals surface area contributed by atoms with Crippen LogP contribution in [0.4, 0.5) is 5.69 Å². The van der Waals surface area contributed by atoms with Gasteiger partial charge in [0, 0.05) is 18.0 Å². The third kappa shape index (κ3) is 3.94. The van der Waals surface area contributed by atoms with Crippen molar-refractivity contribution in [3.05, 3.63) is 24.3 Å². The van der Waals surface area contributed by atoms with Crippen LogP contribution in [0.3, 0.4) is 0 Å². The summed E-state index contributed by atoms with van der Waals surface area (Å²) in [6.45, 7) is 0. The number of rotatable bonds is 3. The van der Waals surface area contributed by atoms with Gasteiger partial charge in [0.05, 0.1) is 16.4 Å². The van der Waals surface area contributed by atoms with E-state index < -0.39 is 19.7 Å². The standard InChI is InChI=1S/C12H17NO4S2/c1-18(14,15)12-6-2-4-10(8-12)13-11-5-3-7-19(16,17)9-11/h2,4,6,8,11,13H,3,5,7,9H2,1H3. The normalized spacial score (nSPS) is 22.9. The van der Waals surface area contributed by atoms with Gasteiger partial charge < -0.3 is 5.32 Å². The zero-order chi connectivity index (χ0) is 14.1. The lowest BCUT2D eigenvalue weighted by Gasteiger charge is -2.24. The average Bonchev–Trinajstić information content (AvgIpc) is 2.26. The average molecular weight is 303 g/mol. The minimum atomic E-state index is -3.25. The third-order valence-electron chi connectivity index (χ3n) is 3.10. The molecule has 1 saturated heterocycles.